The Hall–Kier alpha value is -2.48. The van der Waals surface area contributed by atoms with Gasteiger partial charge in [-0.05, 0) is 25.8 Å². The molecule has 0 amide bonds. The summed E-state index contributed by atoms with van der Waals surface area (Å²) in [5.41, 5.74) is -1.77. The van der Waals surface area contributed by atoms with Crippen molar-refractivity contribution in [3.8, 4) is 0 Å². The minimum absolute atomic E-state index is 0.0810. The van der Waals surface area contributed by atoms with E-state index in [0.717, 1.165) is 25.1 Å². The molecule has 8 heteroatoms. The maximum Gasteiger partial charge on any atom is 0.341 e. The average Bonchev–Trinajstić information content (AvgIpc) is 3.39. The van der Waals surface area contributed by atoms with Crippen LogP contribution < -0.4 is 10.3 Å². The number of carboxylic acid groups (broad SMARTS) is 1. The maximum absolute atomic E-state index is 15.2. The van der Waals surface area contributed by atoms with Crippen molar-refractivity contribution in [2.24, 2.45) is 0 Å². The monoisotopic (exact) mass is 350 g/mol. The molecular formula is C17H16F2N2O4. The summed E-state index contributed by atoms with van der Waals surface area (Å²) in [4.78, 5) is 25.1. The van der Waals surface area contributed by atoms with Gasteiger partial charge in [0.2, 0.25) is 5.43 Å². The van der Waals surface area contributed by atoms with Crippen molar-refractivity contribution < 1.29 is 23.8 Å². The largest absolute Gasteiger partial charge is 0.477 e. The van der Waals surface area contributed by atoms with E-state index < -0.39 is 40.7 Å². The Morgan fingerprint density at radius 1 is 1.32 bits per heavy atom. The van der Waals surface area contributed by atoms with Crippen molar-refractivity contribution >= 4 is 22.6 Å². The third-order valence-electron chi connectivity index (χ3n) is 5.07. The number of anilines is 1. The predicted molar refractivity (Wildman–Crippen MR) is 86.2 cm³/mol. The van der Waals surface area contributed by atoms with Crippen molar-refractivity contribution in [1.29, 1.82) is 0 Å². The Bertz CT molecular complexity index is 967. The van der Waals surface area contributed by atoms with E-state index in [0.29, 0.717) is 0 Å². The predicted octanol–water partition coefficient (Wildman–Crippen LogP) is 1.88. The normalized spacial score (nSPS) is 23.0. The number of fused-ring (bicyclic) bond motifs is 1. The van der Waals surface area contributed by atoms with Crippen LogP contribution in [0.3, 0.4) is 0 Å². The Balaban J connectivity index is 2.03. The van der Waals surface area contributed by atoms with Crippen molar-refractivity contribution in [3.63, 3.8) is 0 Å². The average molecular weight is 350 g/mol. The molecule has 1 aromatic carbocycles. The third kappa shape index (κ3) is 2.24. The van der Waals surface area contributed by atoms with Crippen LogP contribution in [0.4, 0.5) is 14.5 Å². The molecule has 1 saturated carbocycles. The zero-order chi connectivity index (χ0) is 18.0. The number of aliphatic hydroxyl groups is 1. The van der Waals surface area contributed by atoms with Gasteiger partial charge in [0.15, 0.2) is 5.82 Å². The molecule has 1 aromatic heterocycles. The van der Waals surface area contributed by atoms with Crippen molar-refractivity contribution in [1.82, 2.24) is 4.57 Å². The number of aromatic carboxylic acids is 1. The van der Waals surface area contributed by atoms with Crippen LogP contribution in [0.5, 0.6) is 0 Å². The molecule has 0 unspecified atom stereocenters. The highest BCUT2D eigenvalue weighted by molar-refractivity contribution is 5.94. The lowest BCUT2D eigenvalue weighted by Gasteiger charge is -2.45. The first-order valence-electron chi connectivity index (χ1n) is 8.06. The van der Waals surface area contributed by atoms with Crippen LogP contribution in [0.2, 0.25) is 0 Å². The van der Waals surface area contributed by atoms with Gasteiger partial charge in [-0.3, -0.25) is 4.79 Å². The van der Waals surface area contributed by atoms with Gasteiger partial charge in [-0.15, -0.1) is 0 Å². The number of benzene rings is 1. The lowest BCUT2D eigenvalue weighted by atomic mass is 9.98. The highest BCUT2D eigenvalue weighted by atomic mass is 19.1. The minimum atomic E-state index is -1.43. The van der Waals surface area contributed by atoms with Crippen LogP contribution in [0.25, 0.3) is 10.9 Å². The lowest BCUT2D eigenvalue weighted by Crippen LogP contribution is -2.59. The molecule has 25 heavy (non-hydrogen) atoms. The summed E-state index contributed by atoms with van der Waals surface area (Å²) in [6, 6.07) is 0.355. The van der Waals surface area contributed by atoms with Crippen LogP contribution in [0, 0.1) is 11.6 Å². The molecule has 2 aliphatic rings. The van der Waals surface area contributed by atoms with Gasteiger partial charge in [-0.2, -0.15) is 0 Å². The summed E-state index contributed by atoms with van der Waals surface area (Å²) in [6.07, 6.45) is 1.95. The van der Waals surface area contributed by atoms with E-state index in [1.807, 2.05) is 0 Å². The molecule has 1 saturated heterocycles. The topological polar surface area (TPSA) is 82.8 Å². The number of nitrogens with zero attached hydrogens (tertiary/aromatic N) is 2. The van der Waals surface area contributed by atoms with Gasteiger partial charge >= 0.3 is 5.97 Å². The molecule has 2 N–H and O–H groups in total. The molecule has 2 atom stereocenters. The number of pyridine rings is 1. The van der Waals surface area contributed by atoms with Crippen LogP contribution >= 0.6 is 0 Å². The fraction of sp³-hybridized carbons (Fsp3) is 0.412. The molecule has 2 fully saturated rings. The summed E-state index contributed by atoms with van der Waals surface area (Å²) in [5.74, 6) is -3.26. The summed E-state index contributed by atoms with van der Waals surface area (Å²) >= 11 is 0. The molecule has 0 bridgehead atoms. The molecule has 132 valence electrons. The van der Waals surface area contributed by atoms with Gasteiger partial charge in [-0.1, -0.05) is 0 Å². The number of rotatable bonds is 3. The Kier molecular flexibility index (Phi) is 3.37. The summed E-state index contributed by atoms with van der Waals surface area (Å²) in [5, 5.41) is 18.6. The number of carboxylic acids is 1. The van der Waals surface area contributed by atoms with Gasteiger partial charge in [-0.25, -0.2) is 13.6 Å². The Labute approximate surface area is 140 Å². The third-order valence-corrected chi connectivity index (χ3v) is 5.07. The second-order valence-corrected chi connectivity index (χ2v) is 6.69. The molecule has 2 aromatic rings. The SMILES string of the molecule is C[C@@H]1[C@@H](O)CN1c1c(F)cc2c(=O)c(C(=O)O)cn(C3CC3)c2c1F. The zero-order valence-electron chi connectivity index (χ0n) is 13.4. The van der Waals surface area contributed by atoms with Crippen molar-refractivity contribution in [2.45, 2.75) is 38.0 Å². The highest BCUT2D eigenvalue weighted by Gasteiger charge is 2.38. The second kappa shape index (κ2) is 5.26. The summed E-state index contributed by atoms with van der Waals surface area (Å²) in [6.45, 7) is 1.75. The Morgan fingerprint density at radius 3 is 2.52 bits per heavy atom. The summed E-state index contributed by atoms with van der Waals surface area (Å²) in [7, 11) is 0. The first-order chi connectivity index (χ1) is 11.8. The Morgan fingerprint density at radius 2 is 2.00 bits per heavy atom. The molecule has 6 nitrogen and oxygen atoms in total. The standard InChI is InChI=1S/C17H16F2N2O4/c1-7-12(22)6-20(7)15-11(18)4-9-14(13(15)19)21(8-2-3-8)5-10(16(9)23)17(24)25/h4-5,7-8,12,22H,2-3,6H2,1H3,(H,24,25)/t7-,12+/m1/s1. The number of hydrogen-bond donors (Lipinski definition) is 2. The quantitative estimate of drug-likeness (QED) is 0.883. The number of aromatic nitrogens is 1. The molecule has 1 aliphatic carbocycles. The van der Waals surface area contributed by atoms with E-state index in [1.54, 1.807) is 6.92 Å². The first kappa shape index (κ1) is 16.0. The van der Waals surface area contributed by atoms with Gasteiger partial charge in [0.1, 0.15) is 17.1 Å². The van der Waals surface area contributed by atoms with E-state index in [2.05, 4.69) is 0 Å². The van der Waals surface area contributed by atoms with Crippen LogP contribution in [0.1, 0.15) is 36.2 Å². The number of halogens is 2. The van der Waals surface area contributed by atoms with E-state index in [1.165, 1.54) is 9.47 Å². The zero-order valence-corrected chi connectivity index (χ0v) is 13.4. The van der Waals surface area contributed by atoms with E-state index in [-0.39, 0.29) is 29.2 Å². The van der Waals surface area contributed by atoms with Gasteiger partial charge in [0.25, 0.3) is 0 Å². The molecule has 2 heterocycles. The van der Waals surface area contributed by atoms with Gasteiger partial charge in [0.05, 0.1) is 23.0 Å². The lowest BCUT2D eigenvalue weighted by molar-refractivity contribution is 0.0694. The van der Waals surface area contributed by atoms with Gasteiger partial charge < -0.3 is 19.7 Å². The summed E-state index contributed by atoms with van der Waals surface area (Å²) < 4.78 is 31.2. The fourth-order valence-electron chi connectivity index (χ4n) is 3.37. The molecule has 0 radical (unpaired) electrons. The van der Waals surface area contributed by atoms with E-state index >= 15 is 4.39 Å². The first-order valence-corrected chi connectivity index (χ1v) is 8.06. The molecule has 1 aliphatic heterocycles. The van der Waals surface area contributed by atoms with Crippen molar-refractivity contribution in [3.05, 3.63) is 39.7 Å². The van der Waals surface area contributed by atoms with Gasteiger partial charge in [0, 0.05) is 18.8 Å². The number of β-amino-alcohol motifs (C(OH)–C–C–N with tert-alkyl or cyclic N) is 1. The maximum atomic E-state index is 15.2. The minimum Gasteiger partial charge on any atom is -0.477 e. The smallest absolute Gasteiger partial charge is 0.341 e. The molecule has 0 spiro atoms. The number of carbonyl (C=O) groups is 1. The van der Waals surface area contributed by atoms with Crippen molar-refractivity contribution in [2.75, 3.05) is 11.4 Å². The second-order valence-electron chi connectivity index (χ2n) is 6.69. The van der Waals surface area contributed by atoms with Crippen LogP contribution in [-0.2, 0) is 0 Å². The van der Waals surface area contributed by atoms with Crippen LogP contribution in [-0.4, -0.2) is 39.4 Å². The number of hydrogen-bond acceptors (Lipinski definition) is 4. The number of aliphatic hydroxyl groups excluding tert-OH is 1. The molecule has 4 rings (SSSR count). The highest BCUT2D eigenvalue weighted by Crippen LogP contribution is 2.40. The van der Waals surface area contributed by atoms with Crippen LogP contribution in [0.15, 0.2) is 17.1 Å². The van der Waals surface area contributed by atoms with E-state index in [4.69, 9.17) is 0 Å². The van der Waals surface area contributed by atoms with E-state index in [9.17, 15) is 24.2 Å². The fourth-order valence-corrected chi connectivity index (χ4v) is 3.37. The molecular weight excluding hydrogens is 334 g/mol.